The van der Waals surface area contributed by atoms with Crippen molar-refractivity contribution in [3.05, 3.63) is 43.7 Å². The van der Waals surface area contributed by atoms with Crippen LogP contribution in [0.15, 0.2) is 29.6 Å². The maximum absolute atomic E-state index is 12.9. The van der Waals surface area contributed by atoms with Crippen molar-refractivity contribution in [2.75, 3.05) is 13.7 Å². The molecule has 1 amide bonds. The third kappa shape index (κ3) is 3.48. The van der Waals surface area contributed by atoms with Crippen LogP contribution in [0.4, 0.5) is 0 Å². The lowest BCUT2D eigenvalue weighted by Crippen LogP contribution is -2.43. The molecular formula is C17H20ClNO2S2. The number of rotatable bonds is 6. The first kappa shape index (κ1) is 17.0. The molecule has 3 nitrogen and oxygen atoms in total. The number of amides is 1. The maximum Gasteiger partial charge on any atom is 0.231 e. The van der Waals surface area contributed by atoms with Gasteiger partial charge in [0.15, 0.2) is 0 Å². The van der Waals surface area contributed by atoms with E-state index in [0.717, 1.165) is 34.9 Å². The fourth-order valence-corrected chi connectivity index (χ4v) is 5.39. The summed E-state index contributed by atoms with van der Waals surface area (Å²) < 4.78 is 6.26. The molecule has 1 aliphatic rings. The lowest BCUT2D eigenvalue weighted by molar-refractivity contribution is -0.127. The highest BCUT2D eigenvalue weighted by atomic mass is 35.5. The Morgan fingerprint density at radius 2 is 2.17 bits per heavy atom. The van der Waals surface area contributed by atoms with Gasteiger partial charge in [-0.1, -0.05) is 30.5 Å². The zero-order valence-corrected chi connectivity index (χ0v) is 15.4. The van der Waals surface area contributed by atoms with Crippen molar-refractivity contribution in [2.24, 2.45) is 0 Å². The molecule has 2 heterocycles. The Balaban J connectivity index is 1.70. The van der Waals surface area contributed by atoms with E-state index in [0.29, 0.717) is 6.54 Å². The summed E-state index contributed by atoms with van der Waals surface area (Å²) in [6, 6.07) is 7.93. The van der Waals surface area contributed by atoms with Crippen molar-refractivity contribution in [2.45, 2.75) is 37.2 Å². The second-order valence-electron chi connectivity index (χ2n) is 5.84. The Hall–Kier alpha value is -0.880. The van der Waals surface area contributed by atoms with Gasteiger partial charge in [0.25, 0.3) is 0 Å². The Morgan fingerprint density at radius 1 is 1.39 bits per heavy atom. The van der Waals surface area contributed by atoms with Crippen LogP contribution in [0.25, 0.3) is 0 Å². The van der Waals surface area contributed by atoms with E-state index in [-0.39, 0.29) is 17.4 Å². The Morgan fingerprint density at radius 3 is 2.74 bits per heavy atom. The number of methoxy groups -OCH3 is 1. The summed E-state index contributed by atoms with van der Waals surface area (Å²) in [7, 11) is 1.66. The number of thiophene rings is 2. The van der Waals surface area contributed by atoms with Gasteiger partial charge in [-0.3, -0.25) is 4.79 Å². The Labute approximate surface area is 149 Å². The topological polar surface area (TPSA) is 38.3 Å². The van der Waals surface area contributed by atoms with Gasteiger partial charge in [0, 0.05) is 23.4 Å². The van der Waals surface area contributed by atoms with Gasteiger partial charge in [0.2, 0.25) is 5.91 Å². The van der Waals surface area contributed by atoms with Crippen LogP contribution in [-0.2, 0) is 14.9 Å². The van der Waals surface area contributed by atoms with E-state index in [2.05, 4.69) is 11.4 Å². The summed E-state index contributed by atoms with van der Waals surface area (Å²) in [5.41, 5.74) is -0.348. The van der Waals surface area contributed by atoms with Gasteiger partial charge >= 0.3 is 0 Å². The van der Waals surface area contributed by atoms with Gasteiger partial charge in [-0.25, -0.2) is 0 Å². The first-order valence-electron chi connectivity index (χ1n) is 7.76. The molecule has 1 fully saturated rings. The summed E-state index contributed by atoms with van der Waals surface area (Å²) in [5, 5.41) is 5.17. The van der Waals surface area contributed by atoms with Crippen LogP contribution in [0, 0.1) is 0 Å². The quantitative estimate of drug-likeness (QED) is 0.795. The van der Waals surface area contributed by atoms with E-state index in [1.165, 1.54) is 16.2 Å². The minimum atomic E-state index is -0.348. The van der Waals surface area contributed by atoms with Crippen LogP contribution in [0.2, 0.25) is 4.34 Å². The van der Waals surface area contributed by atoms with Gasteiger partial charge in [0.1, 0.15) is 6.10 Å². The highest BCUT2D eigenvalue weighted by Crippen LogP contribution is 2.43. The summed E-state index contributed by atoms with van der Waals surface area (Å²) in [6.07, 6.45) is 3.93. The molecule has 1 atom stereocenters. The minimum Gasteiger partial charge on any atom is -0.374 e. The van der Waals surface area contributed by atoms with Gasteiger partial charge in [-0.15, -0.1) is 22.7 Å². The second-order valence-corrected chi connectivity index (χ2v) is 8.54. The van der Waals surface area contributed by atoms with Crippen LogP contribution in [0.3, 0.4) is 0 Å². The van der Waals surface area contributed by atoms with Gasteiger partial charge in [0.05, 0.1) is 9.75 Å². The summed E-state index contributed by atoms with van der Waals surface area (Å²) in [6.45, 7) is 0.472. The van der Waals surface area contributed by atoms with E-state index in [4.69, 9.17) is 16.3 Å². The molecule has 0 unspecified atom stereocenters. The third-order valence-electron chi connectivity index (χ3n) is 4.53. The normalized spacial score (nSPS) is 18.0. The molecule has 1 aliphatic carbocycles. The first-order chi connectivity index (χ1) is 11.2. The molecule has 0 aliphatic heterocycles. The van der Waals surface area contributed by atoms with E-state index in [9.17, 15) is 4.79 Å². The second kappa shape index (κ2) is 7.34. The number of halogens is 1. The van der Waals surface area contributed by atoms with E-state index in [1.54, 1.807) is 18.4 Å². The number of carbonyl (C=O) groups is 1. The van der Waals surface area contributed by atoms with Gasteiger partial charge < -0.3 is 10.1 Å². The average Bonchev–Trinajstić information content (AvgIpc) is 3.29. The summed E-state index contributed by atoms with van der Waals surface area (Å²) >= 11 is 9.17. The Bertz CT molecular complexity index is 647. The number of carbonyl (C=O) groups excluding carboxylic acids is 1. The predicted molar refractivity (Wildman–Crippen MR) is 96.6 cm³/mol. The van der Waals surface area contributed by atoms with Crippen LogP contribution in [0.5, 0.6) is 0 Å². The lowest BCUT2D eigenvalue weighted by Gasteiger charge is -2.27. The minimum absolute atomic E-state index is 0.127. The van der Waals surface area contributed by atoms with Crippen molar-refractivity contribution in [1.82, 2.24) is 5.32 Å². The van der Waals surface area contributed by atoms with Crippen molar-refractivity contribution in [3.63, 3.8) is 0 Å². The average molecular weight is 370 g/mol. The van der Waals surface area contributed by atoms with Crippen molar-refractivity contribution >= 4 is 40.2 Å². The molecule has 2 aromatic heterocycles. The largest absolute Gasteiger partial charge is 0.374 e. The molecule has 0 spiro atoms. The molecule has 0 radical (unpaired) electrons. The monoisotopic (exact) mass is 369 g/mol. The molecule has 3 rings (SSSR count). The van der Waals surface area contributed by atoms with Crippen LogP contribution in [-0.4, -0.2) is 19.6 Å². The molecule has 124 valence electrons. The van der Waals surface area contributed by atoms with E-state index in [1.807, 2.05) is 23.6 Å². The predicted octanol–water partition coefficient (Wildman–Crippen LogP) is 4.78. The zero-order chi connectivity index (χ0) is 16.3. The molecule has 1 saturated carbocycles. The molecule has 6 heteroatoms. The fourth-order valence-electron chi connectivity index (χ4n) is 3.27. The van der Waals surface area contributed by atoms with E-state index >= 15 is 0 Å². The number of nitrogens with one attached hydrogen (secondary N) is 1. The van der Waals surface area contributed by atoms with E-state index < -0.39 is 0 Å². The van der Waals surface area contributed by atoms with Crippen LogP contribution >= 0.6 is 34.3 Å². The van der Waals surface area contributed by atoms with Crippen LogP contribution < -0.4 is 5.32 Å². The maximum atomic E-state index is 12.9. The van der Waals surface area contributed by atoms with Crippen molar-refractivity contribution in [1.29, 1.82) is 0 Å². The van der Waals surface area contributed by atoms with Crippen LogP contribution in [0.1, 0.15) is 41.5 Å². The highest BCUT2D eigenvalue weighted by molar-refractivity contribution is 7.16. The Kier molecular flexibility index (Phi) is 5.42. The fraction of sp³-hybridized carbons (Fsp3) is 0.471. The molecule has 0 bridgehead atoms. The summed E-state index contributed by atoms with van der Waals surface area (Å²) in [4.78, 5) is 15.2. The molecule has 23 heavy (non-hydrogen) atoms. The molecule has 0 saturated heterocycles. The van der Waals surface area contributed by atoms with Crippen molar-refractivity contribution in [3.8, 4) is 0 Å². The molecular weight excluding hydrogens is 350 g/mol. The molecule has 1 N–H and O–H groups in total. The van der Waals surface area contributed by atoms with Gasteiger partial charge in [-0.05, 0) is 36.4 Å². The smallest absolute Gasteiger partial charge is 0.231 e. The number of ether oxygens (including phenoxy) is 1. The zero-order valence-electron chi connectivity index (χ0n) is 13.0. The molecule has 2 aromatic rings. The first-order valence-corrected chi connectivity index (χ1v) is 9.83. The van der Waals surface area contributed by atoms with Gasteiger partial charge in [-0.2, -0.15) is 0 Å². The summed E-state index contributed by atoms with van der Waals surface area (Å²) in [5.74, 6) is 0.127. The molecule has 0 aromatic carbocycles. The number of hydrogen-bond acceptors (Lipinski definition) is 4. The SMILES string of the molecule is CO[C@H](CNC(=O)C1(c2cccs2)CCCC1)c1ccc(Cl)s1. The number of hydrogen-bond donors (Lipinski definition) is 1. The lowest BCUT2D eigenvalue weighted by atomic mass is 9.83. The van der Waals surface area contributed by atoms with Crippen molar-refractivity contribution < 1.29 is 9.53 Å². The standard InChI is InChI=1S/C17H20ClNO2S2/c1-21-12(13-6-7-15(18)23-13)11-19-16(20)17(8-2-3-9-17)14-5-4-10-22-14/h4-7,10,12H,2-3,8-9,11H2,1H3,(H,19,20)/t12-/m1/s1. The third-order valence-corrected chi connectivity index (χ3v) is 6.93. The highest BCUT2D eigenvalue weighted by Gasteiger charge is 2.43.